The smallest absolute Gasteiger partial charge is 0.408 e. The predicted octanol–water partition coefficient (Wildman–Crippen LogP) is 3.29. The van der Waals surface area contributed by atoms with Crippen LogP contribution in [0, 0.1) is 12.3 Å². The first-order chi connectivity index (χ1) is 9.79. The number of carbonyl (C=O) groups excluding carboxylic acids is 1. The van der Waals surface area contributed by atoms with Crippen molar-refractivity contribution in [2.45, 2.75) is 12.6 Å². The van der Waals surface area contributed by atoms with Gasteiger partial charge >= 0.3 is 6.09 Å². The second-order valence-electron chi connectivity index (χ2n) is 4.22. The second kappa shape index (κ2) is 7.01. The van der Waals surface area contributed by atoms with Crippen LogP contribution in [0.3, 0.4) is 0 Å². The summed E-state index contributed by atoms with van der Waals surface area (Å²) in [4.78, 5) is 11.7. The minimum absolute atomic E-state index is 0.221. The van der Waals surface area contributed by atoms with Gasteiger partial charge in [0.05, 0.1) is 0 Å². The number of nitrogens with one attached hydrogen (secondary N) is 1. The van der Waals surface area contributed by atoms with E-state index in [0.717, 1.165) is 11.1 Å². The van der Waals surface area contributed by atoms with Crippen LogP contribution in [0.4, 0.5) is 4.79 Å². The molecule has 2 aromatic carbocycles. The molecule has 2 aromatic rings. The molecule has 0 saturated carbocycles. The number of benzene rings is 2. The minimum Gasteiger partial charge on any atom is -0.445 e. The van der Waals surface area contributed by atoms with E-state index in [9.17, 15) is 4.79 Å². The third-order valence-electron chi connectivity index (χ3n) is 2.77. The van der Waals surface area contributed by atoms with Crippen molar-refractivity contribution in [2.75, 3.05) is 0 Å². The first-order valence-electron chi connectivity index (χ1n) is 6.28. The lowest BCUT2D eigenvalue weighted by atomic mass is 10.1. The zero-order valence-electron chi connectivity index (χ0n) is 11.0. The van der Waals surface area contributed by atoms with Crippen LogP contribution in [0.2, 0.25) is 0 Å². The topological polar surface area (TPSA) is 38.3 Å². The molecule has 0 radical (unpaired) electrons. The molecule has 100 valence electrons. The predicted molar refractivity (Wildman–Crippen MR) is 77.8 cm³/mol. The second-order valence-corrected chi connectivity index (χ2v) is 4.22. The summed E-state index contributed by atoms with van der Waals surface area (Å²) in [7, 11) is 0. The highest BCUT2D eigenvalue weighted by Crippen LogP contribution is 2.11. The Bertz CT molecular complexity index is 587. The fourth-order valence-corrected chi connectivity index (χ4v) is 1.75. The number of ether oxygens (including phenoxy) is 1. The molecule has 0 aliphatic carbocycles. The Hall–Kier alpha value is -2.73. The summed E-state index contributed by atoms with van der Waals surface area (Å²) in [6, 6.07) is 18.4. The zero-order valence-corrected chi connectivity index (χ0v) is 11.0. The van der Waals surface area contributed by atoms with Crippen LogP contribution < -0.4 is 5.32 Å². The monoisotopic (exact) mass is 265 g/mol. The number of amides is 1. The van der Waals surface area contributed by atoms with Gasteiger partial charge in [0.25, 0.3) is 0 Å². The van der Waals surface area contributed by atoms with Crippen molar-refractivity contribution in [3.63, 3.8) is 0 Å². The van der Waals surface area contributed by atoms with Crippen LogP contribution >= 0.6 is 0 Å². The van der Waals surface area contributed by atoms with Gasteiger partial charge < -0.3 is 10.1 Å². The quantitative estimate of drug-likeness (QED) is 0.861. The molecule has 20 heavy (non-hydrogen) atoms. The van der Waals surface area contributed by atoms with Crippen molar-refractivity contribution < 1.29 is 9.53 Å². The Balaban J connectivity index is 1.89. The lowest BCUT2D eigenvalue weighted by Gasteiger charge is -2.13. The average Bonchev–Trinajstić information content (AvgIpc) is 2.52. The van der Waals surface area contributed by atoms with E-state index in [2.05, 4.69) is 11.2 Å². The van der Waals surface area contributed by atoms with Gasteiger partial charge in [-0.1, -0.05) is 66.6 Å². The largest absolute Gasteiger partial charge is 0.445 e. The van der Waals surface area contributed by atoms with Crippen LogP contribution in [-0.2, 0) is 11.3 Å². The first kappa shape index (κ1) is 13.7. The third-order valence-corrected chi connectivity index (χ3v) is 2.77. The van der Waals surface area contributed by atoms with Crippen molar-refractivity contribution in [3.8, 4) is 12.3 Å². The van der Waals surface area contributed by atoms with Crippen molar-refractivity contribution >= 4 is 6.09 Å². The van der Waals surface area contributed by atoms with Crippen LogP contribution in [0.5, 0.6) is 0 Å². The van der Waals surface area contributed by atoms with Gasteiger partial charge in [0, 0.05) is 0 Å². The molecule has 0 aromatic heterocycles. The summed E-state index contributed by atoms with van der Waals surface area (Å²) in [5, 5.41) is 2.66. The number of hydrogen-bond acceptors (Lipinski definition) is 2. The molecule has 0 fully saturated rings. The maximum atomic E-state index is 11.7. The summed E-state index contributed by atoms with van der Waals surface area (Å²) in [6.45, 7) is 0.221. The molecule has 0 unspecified atom stereocenters. The molecule has 0 spiro atoms. The molecule has 2 rings (SSSR count). The standard InChI is InChI=1S/C17H15NO2/c1-2-16(15-11-7-4-8-12-15)18-17(19)20-13-14-9-5-3-6-10-14/h1,3-12,16H,13H2,(H,18,19)/t16-/m1/s1. The van der Waals surface area contributed by atoms with Crippen molar-refractivity contribution in [3.05, 3.63) is 71.8 Å². The van der Waals surface area contributed by atoms with E-state index in [4.69, 9.17) is 11.2 Å². The molecule has 3 nitrogen and oxygen atoms in total. The summed E-state index contributed by atoms with van der Waals surface area (Å²) >= 11 is 0. The van der Waals surface area contributed by atoms with Gasteiger partial charge in [-0.15, -0.1) is 6.42 Å². The molecule has 0 bridgehead atoms. The van der Waals surface area contributed by atoms with Crippen LogP contribution in [0.25, 0.3) is 0 Å². The Morgan fingerprint density at radius 1 is 1.10 bits per heavy atom. The normalized spacial score (nSPS) is 11.2. The number of hydrogen-bond donors (Lipinski definition) is 1. The fourth-order valence-electron chi connectivity index (χ4n) is 1.75. The Kier molecular flexibility index (Phi) is 4.80. The minimum atomic E-state index is -0.527. The maximum Gasteiger partial charge on any atom is 0.408 e. The van der Waals surface area contributed by atoms with E-state index in [0.29, 0.717) is 0 Å². The van der Waals surface area contributed by atoms with E-state index in [1.807, 2.05) is 60.7 Å². The molecular weight excluding hydrogens is 250 g/mol. The third kappa shape index (κ3) is 3.89. The summed E-state index contributed by atoms with van der Waals surface area (Å²) in [5.41, 5.74) is 1.78. The van der Waals surface area contributed by atoms with E-state index in [1.54, 1.807) is 0 Å². The maximum absolute atomic E-state index is 11.7. The van der Waals surface area contributed by atoms with E-state index in [-0.39, 0.29) is 6.61 Å². The summed E-state index contributed by atoms with van der Waals surface area (Å²) < 4.78 is 5.14. The van der Waals surface area contributed by atoms with Crippen molar-refractivity contribution in [2.24, 2.45) is 0 Å². The van der Waals surface area contributed by atoms with Crippen LogP contribution in [-0.4, -0.2) is 6.09 Å². The van der Waals surface area contributed by atoms with Gasteiger partial charge in [-0.3, -0.25) is 0 Å². The number of carbonyl (C=O) groups is 1. The molecule has 1 amide bonds. The summed E-state index contributed by atoms with van der Waals surface area (Å²) in [6.07, 6.45) is 4.91. The summed E-state index contributed by atoms with van der Waals surface area (Å²) in [5.74, 6) is 2.54. The van der Waals surface area contributed by atoms with Gasteiger partial charge in [0.1, 0.15) is 12.6 Å². The van der Waals surface area contributed by atoms with E-state index < -0.39 is 12.1 Å². The van der Waals surface area contributed by atoms with Gasteiger partial charge in [0.2, 0.25) is 0 Å². The Morgan fingerprint density at radius 2 is 1.70 bits per heavy atom. The first-order valence-corrected chi connectivity index (χ1v) is 6.28. The van der Waals surface area contributed by atoms with Crippen LogP contribution in [0.15, 0.2) is 60.7 Å². The van der Waals surface area contributed by atoms with E-state index >= 15 is 0 Å². The van der Waals surface area contributed by atoms with Gasteiger partial charge in [-0.05, 0) is 11.1 Å². The highest BCUT2D eigenvalue weighted by Gasteiger charge is 2.12. The number of alkyl carbamates (subject to hydrolysis) is 1. The molecule has 0 aliphatic heterocycles. The molecule has 1 N–H and O–H groups in total. The van der Waals surface area contributed by atoms with Gasteiger partial charge in [-0.25, -0.2) is 4.79 Å². The molecule has 3 heteroatoms. The fraction of sp³-hybridized carbons (Fsp3) is 0.118. The number of terminal acetylenes is 1. The molecular formula is C17H15NO2. The van der Waals surface area contributed by atoms with E-state index in [1.165, 1.54) is 0 Å². The lowest BCUT2D eigenvalue weighted by molar-refractivity contribution is 0.138. The average molecular weight is 265 g/mol. The zero-order chi connectivity index (χ0) is 14.2. The Labute approximate surface area is 118 Å². The number of rotatable bonds is 4. The highest BCUT2D eigenvalue weighted by molar-refractivity contribution is 5.68. The molecule has 0 saturated heterocycles. The molecule has 0 aliphatic rings. The van der Waals surface area contributed by atoms with Gasteiger partial charge in [-0.2, -0.15) is 0 Å². The van der Waals surface area contributed by atoms with Crippen molar-refractivity contribution in [1.29, 1.82) is 0 Å². The lowest BCUT2D eigenvalue weighted by Crippen LogP contribution is -2.28. The molecule has 0 heterocycles. The Morgan fingerprint density at radius 3 is 2.30 bits per heavy atom. The van der Waals surface area contributed by atoms with Crippen molar-refractivity contribution in [1.82, 2.24) is 5.32 Å². The van der Waals surface area contributed by atoms with Gasteiger partial charge in [0.15, 0.2) is 0 Å². The highest BCUT2D eigenvalue weighted by atomic mass is 16.5. The molecule has 1 atom stereocenters. The van der Waals surface area contributed by atoms with Crippen LogP contribution in [0.1, 0.15) is 17.2 Å². The SMILES string of the molecule is C#C[C@@H](NC(=O)OCc1ccccc1)c1ccccc1.